The molecule has 0 aliphatic carbocycles. The summed E-state index contributed by atoms with van der Waals surface area (Å²) in [5.41, 5.74) is 5.79. The molecule has 0 unspecified atom stereocenters. The van der Waals surface area contributed by atoms with Gasteiger partial charge in [0, 0.05) is 8.95 Å². The van der Waals surface area contributed by atoms with Crippen molar-refractivity contribution in [3.05, 3.63) is 44.7 Å². The van der Waals surface area contributed by atoms with Gasteiger partial charge in [0.05, 0.1) is 11.4 Å². The normalized spacial score (nSPS) is 11.4. The number of hydrogen-bond acceptors (Lipinski definition) is 4. The summed E-state index contributed by atoms with van der Waals surface area (Å²) < 4.78 is 41.1. The number of rotatable bonds is 3. The summed E-state index contributed by atoms with van der Waals surface area (Å²) in [6.07, 6.45) is 0. The van der Waals surface area contributed by atoms with Crippen molar-refractivity contribution < 1.29 is 12.8 Å². The molecule has 21 heavy (non-hydrogen) atoms. The van der Waals surface area contributed by atoms with E-state index >= 15 is 0 Å². The van der Waals surface area contributed by atoms with Crippen molar-refractivity contribution >= 4 is 53.4 Å². The SMILES string of the molecule is Cc1nc(NS(=O)(=O)c2cc(N)c(F)cc2Br)ccc1Br. The van der Waals surface area contributed by atoms with Crippen LogP contribution in [-0.4, -0.2) is 13.4 Å². The molecule has 1 aromatic carbocycles. The van der Waals surface area contributed by atoms with Gasteiger partial charge in [0.15, 0.2) is 0 Å². The Bertz CT molecular complexity index is 812. The van der Waals surface area contributed by atoms with Crippen molar-refractivity contribution in [2.75, 3.05) is 10.5 Å². The Balaban J connectivity index is 2.43. The number of sulfonamides is 1. The van der Waals surface area contributed by atoms with Crippen molar-refractivity contribution in [2.24, 2.45) is 0 Å². The third kappa shape index (κ3) is 3.53. The molecule has 1 aromatic heterocycles. The summed E-state index contributed by atoms with van der Waals surface area (Å²) in [5, 5.41) is 0. The van der Waals surface area contributed by atoms with Crippen LogP contribution in [0.1, 0.15) is 5.69 Å². The van der Waals surface area contributed by atoms with E-state index in [0.29, 0.717) is 5.69 Å². The van der Waals surface area contributed by atoms with Crippen molar-refractivity contribution in [1.29, 1.82) is 0 Å². The van der Waals surface area contributed by atoms with Gasteiger partial charge in [-0.1, -0.05) is 0 Å². The predicted molar refractivity (Wildman–Crippen MR) is 86.0 cm³/mol. The van der Waals surface area contributed by atoms with Gasteiger partial charge >= 0.3 is 0 Å². The number of nitrogens with two attached hydrogens (primary N) is 1. The third-order valence-electron chi connectivity index (χ3n) is 2.60. The van der Waals surface area contributed by atoms with Gasteiger partial charge < -0.3 is 5.73 Å². The van der Waals surface area contributed by atoms with Gasteiger partial charge in [-0.05, 0) is 63.0 Å². The second-order valence-corrected chi connectivity index (χ2v) is 7.53. The summed E-state index contributed by atoms with van der Waals surface area (Å²) in [7, 11) is -3.93. The number of nitrogen functional groups attached to an aromatic ring is 1. The largest absolute Gasteiger partial charge is 0.396 e. The Hall–Kier alpha value is -1.19. The fourth-order valence-corrected chi connectivity index (χ4v) is 3.82. The maximum Gasteiger partial charge on any atom is 0.264 e. The van der Waals surface area contributed by atoms with E-state index in [1.807, 2.05) is 0 Å². The fourth-order valence-electron chi connectivity index (χ4n) is 1.54. The zero-order valence-corrected chi connectivity index (χ0v) is 14.7. The van der Waals surface area contributed by atoms with Crippen LogP contribution in [-0.2, 0) is 10.0 Å². The highest BCUT2D eigenvalue weighted by atomic mass is 79.9. The molecule has 0 saturated carbocycles. The van der Waals surface area contributed by atoms with Gasteiger partial charge in [0.2, 0.25) is 0 Å². The Morgan fingerprint density at radius 2 is 1.90 bits per heavy atom. The van der Waals surface area contributed by atoms with Crippen molar-refractivity contribution in [1.82, 2.24) is 4.98 Å². The first-order chi connectivity index (χ1) is 9.70. The van der Waals surface area contributed by atoms with Crippen molar-refractivity contribution in [2.45, 2.75) is 11.8 Å². The number of nitrogens with one attached hydrogen (secondary N) is 1. The summed E-state index contributed by atoms with van der Waals surface area (Å²) >= 11 is 6.29. The number of nitrogens with zero attached hydrogens (tertiary/aromatic N) is 1. The molecular formula is C12H10Br2FN3O2S. The number of pyridine rings is 1. The van der Waals surface area contributed by atoms with E-state index in [0.717, 1.165) is 16.6 Å². The monoisotopic (exact) mass is 437 g/mol. The molecule has 0 bridgehead atoms. The van der Waals surface area contributed by atoms with Crippen LogP contribution >= 0.6 is 31.9 Å². The van der Waals surface area contributed by atoms with E-state index in [-0.39, 0.29) is 20.9 Å². The minimum Gasteiger partial charge on any atom is -0.396 e. The van der Waals surface area contributed by atoms with E-state index in [9.17, 15) is 12.8 Å². The third-order valence-corrected chi connectivity index (χ3v) is 5.75. The van der Waals surface area contributed by atoms with Crippen LogP contribution in [0.2, 0.25) is 0 Å². The molecule has 3 N–H and O–H groups in total. The quantitative estimate of drug-likeness (QED) is 0.718. The van der Waals surface area contributed by atoms with Crippen LogP contribution < -0.4 is 10.5 Å². The first-order valence-corrected chi connectivity index (χ1v) is 8.68. The highest BCUT2D eigenvalue weighted by molar-refractivity contribution is 9.10. The molecular weight excluding hydrogens is 429 g/mol. The van der Waals surface area contributed by atoms with Gasteiger partial charge in [-0.2, -0.15) is 0 Å². The van der Waals surface area contributed by atoms with Gasteiger partial charge in [0.25, 0.3) is 10.0 Å². The Morgan fingerprint density at radius 3 is 2.52 bits per heavy atom. The lowest BCUT2D eigenvalue weighted by molar-refractivity contribution is 0.599. The molecule has 5 nitrogen and oxygen atoms in total. The molecule has 0 fully saturated rings. The van der Waals surface area contributed by atoms with E-state index in [1.54, 1.807) is 13.0 Å². The molecule has 2 aromatic rings. The number of anilines is 2. The van der Waals surface area contributed by atoms with Crippen LogP contribution in [0.4, 0.5) is 15.9 Å². The second kappa shape index (κ2) is 5.90. The minimum atomic E-state index is -3.93. The minimum absolute atomic E-state index is 0.0792. The fraction of sp³-hybridized carbons (Fsp3) is 0.0833. The smallest absolute Gasteiger partial charge is 0.264 e. The molecule has 0 spiro atoms. The zero-order valence-electron chi connectivity index (χ0n) is 10.7. The molecule has 2 rings (SSSR count). The molecule has 0 saturated heterocycles. The van der Waals surface area contributed by atoms with Gasteiger partial charge in [-0.3, -0.25) is 4.72 Å². The van der Waals surface area contributed by atoms with Gasteiger partial charge in [0.1, 0.15) is 16.5 Å². The number of aromatic nitrogens is 1. The Labute approximate surface area is 138 Å². The number of hydrogen-bond donors (Lipinski definition) is 2. The average Bonchev–Trinajstić information content (AvgIpc) is 2.37. The number of halogens is 3. The molecule has 0 aliphatic rings. The summed E-state index contributed by atoms with van der Waals surface area (Å²) in [6, 6.07) is 5.24. The molecule has 0 amide bonds. The van der Waals surface area contributed by atoms with Gasteiger partial charge in [-0.25, -0.2) is 17.8 Å². The summed E-state index contributed by atoms with van der Waals surface area (Å²) in [6.45, 7) is 1.73. The van der Waals surface area contributed by atoms with E-state index in [1.165, 1.54) is 6.07 Å². The lowest BCUT2D eigenvalue weighted by Gasteiger charge is -2.11. The van der Waals surface area contributed by atoms with Crippen LogP contribution in [0.5, 0.6) is 0 Å². The predicted octanol–water partition coefficient (Wildman–Crippen LogP) is 3.44. The van der Waals surface area contributed by atoms with Crippen LogP contribution in [0.15, 0.2) is 38.1 Å². The van der Waals surface area contributed by atoms with Crippen LogP contribution in [0.25, 0.3) is 0 Å². The first kappa shape index (κ1) is 16.2. The van der Waals surface area contributed by atoms with Crippen LogP contribution in [0, 0.1) is 12.7 Å². The Kier molecular flexibility index (Phi) is 4.54. The van der Waals surface area contributed by atoms with Crippen molar-refractivity contribution in [3.63, 3.8) is 0 Å². The standard InChI is InChI=1S/C12H10Br2FN3O2S/c1-6-7(13)2-3-12(17-6)18-21(19,20)11-5-10(16)9(15)4-8(11)14/h2-5H,16H2,1H3,(H,17,18). The maximum absolute atomic E-state index is 13.3. The summed E-state index contributed by atoms with van der Waals surface area (Å²) in [4.78, 5) is 3.93. The average molecular weight is 439 g/mol. The topological polar surface area (TPSA) is 85.1 Å². The molecule has 0 atom stereocenters. The first-order valence-electron chi connectivity index (χ1n) is 5.61. The van der Waals surface area contributed by atoms with Crippen molar-refractivity contribution in [3.8, 4) is 0 Å². The van der Waals surface area contributed by atoms with E-state index < -0.39 is 15.8 Å². The highest BCUT2D eigenvalue weighted by Crippen LogP contribution is 2.28. The maximum atomic E-state index is 13.3. The molecule has 0 radical (unpaired) electrons. The molecule has 0 aliphatic heterocycles. The number of benzene rings is 1. The second-order valence-electron chi connectivity index (χ2n) is 4.17. The highest BCUT2D eigenvalue weighted by Gasteiger charge is 2.20. The summed E-state index contributed by atoms with van der Waals surface area (Å²) in [5.74, 6) is -0.538. The lowest BCUT2D eigenvalue weighted by Crippen LogP contribution is -2.15. The van der Waals surface area contributed by atoms with E-state index in [2.05, 4.69) is 41.6 Å². The van der Waals surface area contributed by atoms with E-state index in [4.69, 9.17) is 5.73 Å². The van der Waals surface area contributed by atoms with Gasteiger partial charge in [-0.15, -0.1) is 0 Å². The van der Waals surface area contributed by atoms with Crippen LogP contribution in [0.3, 0.4) is 0 Å². The molecule has 9 heteroatoms. The number of aryl methyl sites for hydroxylation is 1. The Morgan fingerprint density at radius 1 is 1.24 bits per heavy atom. The lowest BCUT2D eigenvalue weighted by atomic mass is 10.3. The molecule has 112 valence electrons. The zero-order chi connectivity index (χ0) is 15.8. The molecule has 1 heterocycles.